The Bertz CT molecular complexity index is 204. The summed E-state index contributed by atoms with van der Waals surface area (Å²) in [6.45, 7) is 18.1. The molecule has 0 aliphatic heterocycles. The fourth-order valence-corrected chi connectivity index (χ4v) is 3.53. The molecule has 0 aliphatic rings. The van der Waals surface area contributed by atoms with Crippen molar-refractivity contribution in [3.63, 3.8) is 0 Å². The van der Waals surface area contributed by atoms with Crippen LogP contribution in [0.5, 0.6) is 0 Å². The third-order valence-electron chi connectivity index (χ3n) is 3.86. The van der Waals surface area contributed by atoms with Gasteiger partial charge in [0, 0.05) is 0 Å². The van der Waals surface area contributed by atoms with Crippen LogP contribution in [0.1, 0.15) is 73.6 Å². The van der Waals surface area contributed by atoms with Crippen molar-refractivity contribution >= 4 is 0 Å². The molecule has 0 nitrogen and oxygen atoms in total. The van der Waals surface area contributed by atoms with Crippen molar-refractivity contribution in [2.45, 2.75) is 73.6 Å². The average molecular weight is 252 g/mol. The summed E-state index contributed by atoms with van der Waals surface area (Å²) in [5, 5.41) is 0. The van der Waals surface area contributed by atoms with E-state index in [0.29, 0.717) is 0 Å². The van der Waals surface area contributed by atoms with Crippen LogP contribution in [0.15, 0.2) is 12.7 Å². The van der Waals surface area contributed by atoms with Crippen molar-refractivity contribution in [3.05, 3.63) is 12.7 Å². The Morgan fingerprint density at radius 2 is 1.06 bits per heavy atom. The van der Waals surface area contributed by atoms with E-state index in [1.54, 1.807) is 0 Å². The van der Waals surface area contributed by atoms with Gasteiger partial charge in [0.1, 0.15) is 0 Å². The lowest BCUT2D eigenvalue weighted by atomic mass is 9.83. The fraction of sp³-hybridized carbons (Fsp3) is 0.889. The molecule has 0 fully saturated rings. The maximum atomic E-state index is 3.84. The molecule has 0 amide bonds. The number of hydrogen-bond acceptors (Lipinski definition) is 0. The summed E-state index contributed by atoms with van der Waals surface area (Å²) in [5.41, 5.74) is 0. The molecule has 0 radical (unpaired) electrons. The summed E-state index contributed by atoms with van der Waals surface area (Å²) in [5.74, 6) is 4.28. The minimum atomic E-state index is 0.804. The van der Waals surface area contributed by atoms with Crippen LogP contribution >= 0.6 is 0 Å². The number of hydrogen-bond donors (Lipinski definition) is 0. The summed E-state index contributed by atoms with van der Waals surface area (Å²) in [7, 11) is 0. The van der Waals surface area contributed by atoms with Crippen molar-refractivity contribution in [2.75, 3.05) is 0 Å². The second-order valence-corrected chi connectivity index (χ2v) is 7.28. The predicted octanol–water partition coefficient (Wildman–Crippen LogP) is 6.32. The lowest BCUT2D eigenvalue weighted by molar-refractivity contribution is 0.290. The van der Waals surface area contributed by atoms with E-state index in [-0.39, 0.29) is 0 Å². The minimum absolute atomic E-state index is 0.804. The van der Waals surface area contributed by atoms with E-state index in [1.807, 2.05) is 0 Å². The highest BCUT2D eigenvalue weighted by Crippen LogP contribution is 2.27. The fourth-order valence-electron chi connectivity index (χ4n) is 3.53. The number of allylic oxidation sites excluding steroid dienone is 1. The lowest BCUT2D eigenvalue weighted by Gasteiger charge is -2.23. The van der Waals surface area contributed by atoms with E-state index >= 15 is 0 Å². The summed E-state index contributed by atoms with van der Waals surface area (Å²) in [6, 6.07) is 0. The third-order valence-corrected chi connectivity index (χ3v) is 3.86. The molecule has 0 bridgehead atoms. The summed E-state index contributed by atoms with van der Waals surface area (Å²) in [4.78, 5) is 0. The van der Waals surface area contributed by atoms with Gasteiger partial charge in [0.05, 0.1) is 0 Å². The Hall–Kier alpha value is -0.260. The third kappa shape index (κ3) is 9.74. The van der Waals surface area contributed by atoms with Crippen LogP contribution in [0.4, 0.5) is 0 Å². The molecule has 0 saturated carbocycles. The SMILES string of the molecule is C=CCC(C)CC(C)CC(C)CC(C)CC(C)C. The molecular weight excluding hydrogens is 216 g/mol. The second-order valence-electron chi connectivity index (χ2n) is 7.28. The van der Waals surface area contributed by atoms with Gasteiger partial charge in [0.2, 0.25) is 0 Å². The van der Waals surface area contributed by atoms with E-state index in [1.165, 1.54) is 32.1 Å². The normalized spacial score (nSPS) is 18.4. The smallest absolute Gasteiger partial charge is 0.0327 e. The van der Waals surface area contributed by atoms with Gasteiger partial charge in [0.15, 0.2) is 0 Å². The second kappa shape index (κ2) is 9.64. The molecule has 108 valence electrons. The highest BCUT2D eigenvalue weighted by molar-refractivity contribution is 4.73. The molecule has 0 aliphatic carbocycles. The van der Waals surface area contributed by atoms with E-state index in [2.05, 4.69) is 54.2 Å². The Kier molecular flexibility index (Phi) is 9.50. The molecule has 0 saturated heterocycles. The zero-order valence-corrected chi connectivity index (χ0v) is 13.7. The molecule has 0 heterocycles. The van der Waals surface area contributed by atoms with Gasteiger partial charge in [-0.05, 0) is 61.7 Å². The molecule has 0 aromatic carbocycles. The lowest BCUT2D eigenvalue weighted by Crippen LogP contribution is -2.11. The standard InChI is InChI=1S/C18H36/c1-8-9-15(4)11-17(6)13-18(7)12-16(5)10-14(2)3/h8,14-18H,1,9-13H2,2-7H3. The van der Waals surface area contributed by atoms with Crippen molar-refractivity contribution < 1.29 is 0 Å². The highest BCUT2D eigenvalue weighted by atomic mass is 14.2. The topological polar surface area (TPSA) is 0 Å². The van der Waals surface area contributed by atoms with Crippen LogP contribution in [0.25, 0.3) is 0 Å². The van der Waals surface area contributed by atoms with Gasteiger partial charge < -0.3 is 0 Å². The van der Waals surface area contributed by atoms with Crippen LogP contribution in [-0.4, -0.2) is 0 Å². The first-order valence-corrected chi connectivity index (χ1v) is 7.95. The molecule has 0 heteroatoms. The molecule has 18 heavy (non-hydrogen) atoms. The molecule has 0 rings (SSSR count). The summed E-state index contributed by atoms with van der Waals surface area (Å²) >= 11 is 0. The maximum Gasteiger partial charge on any atom is -0.0327 e. The first-order valence-electron chi connectivity index (χ1n) is 7.95. The van der Waals surface area contributed by atoms with E-state index in [0.717, 1.165) is 29.6 Å². The van der Waals surface area contributed by atoms with Gasteiger partial charge in [-0.25, -0.2) is 0 Å². The maximum absolute atomic E-state index is 3.84. The molecular formula is C18H36. The van der Waals surface area contributed by atoms with E-state index < -0.39 is 0 Å². The van der Waals surface area contributed by atoms with Crippen LogP contribution < -0.4 is 0 Å². The van der Waals surface area contributed by atoms with Gasteiger partial charge in [0.25, 0.3) is 0 Å². The molecule has 0 aromatic heterocycles. The summed E-state index contributed by atoms with van der Waals surface area (Å²) < 4.78 is 0. The van der Waals surface area contributed by atoms with Crippen LogP contribution in [0, 0.1) is 29.6 Å². The zero-order valence-electron chi connectivity index (χ0n) is 13.7. The molecule has 0 N–H and O–H groups in total. The largest absolute Gasteiger partial charge is 0.103 e. The van der Waals surface area contributed by atoms with Crippen LogP contribution in [-0.2, 0) is 0 Å². The van der Waals surface area contributed by atoms with Crippen LogP contribution in [0.2, 0.25) is 0 Å². The first-order chi connectivity index (χ1) is 8.35. The van der Waals surface area contributed by atoms with Crippen molar-refractivity contribution in [1.29, 1.82) is 0 Å². The Balaban J connectivity index is 3.85. The van der Waals surface area contributed by atoms with Gasteiger partial charge in [-0.1, -0.05) is 47.6 Å². The molecule has 0 aromatic rings. The Morgan fingerprint density at radius 3 is 1.44 bits per heavy atom. The van der Waals surface area contributed by atoms with Gasteiger partial charge >= 0.3 is 0 Å². The van der Waals surface area contributed by atoms with Crippen LogP contribution in [0.3, 0.4) is 0 Å². The Morgan fingerprint density at radius 1 is 0.667 bits per heavy atom. The van der Waals surface area contributed by atoms with Crippen molar-refractivity contribution in [1.82, 2.24) is 0 Å². The van der Waals surface area contributed by atoms with Gasteiger partial charge in [-0.2, -0.15) is 0 Å². The number of rotatable bonds is 10. The quantitative estimate of drug-likeness (QED) is 0.399. The zero-order chi connectivity index (χ0) is 14.1. The average Bonchev–Trinajstić information content (AvgIpc) is 2.14. The highest BCUT2D eigenvalue weighted by Gasteiger charge is 2.15. The van der Waals surface area contributed by atoms with Crippen molar-refractivity contribution in [3.8, 4) is 0 Å². The van der Waals surface area contributed by atoms with Gasteiger partial charge in [-0.3, -0.25) is 0 Å². The molecule has 0 spiro atoms. The molecule has 4 unspecified atom stereocenters. The monoisotopic (exact) mass is 252 g/mol. The summed E-state index contributed by atoms with van der Waals surface area (Å²) in [6.07, 6.45) is 8.76. The van der Waals surface area contributed by atoms with E-state index in [4.69, 9.17) is 0 Å². The minimum Gasteiger partial charge on any atom is -0.103 e. The first kappa shape index (κ1) is 17.7. The molecule has 4 atom stereocenters. The Labute approximate surface area is 116 Å². The predicted molar refractivity (Wildman–Crippen MR) is 84.8 cm³/mol. The van der Waals surface area contributed by atoms with Crippen molar-refractivity contribution in [2.24, 2.45) is 29.6 Å². The van der Waals surface area contributed by atoms with Gasteiger partial charge in [-0.15, -0.1) is 6.58 Å². The van der Waals surface area contributed by atoms with E-state index in [9.17, 15) is 0 Å².